The molecule has 0 spiro atoms. The van der Waals surface area contributed by atoms with Gasteiger partial charge in [0.05, 0.1) is 13.3 Å². The van der Waals surface area contributed by atoms with Crippen molar-refractivity contribution in [1.29, 1.82) is 0 Å². The highest BCUT2D eigenvalue weighted by Crippen LogP contribution is 2.33. The molecule has 0 atom stereocenters. The van der Waals surface area contributed by atoms with Gasteiger partial charge in [-0.1, -0.05) is 18.2 Å². The Morgan fingerprint density at radius 1 is 1.33 bits per heavy atom. The quantitative estimate of drug-likeness (QED) is 0.489. The van der Waals surface area contributed by atoms with E-state index in [9.17, 15) is 4.79 Å². The molecule has 18 heavy (non-hydrogen) atoms. The predicted molar refractivity (Wildman–Crippen MR) is 86.0 cm³/mol. The van der Waals surface area contributed by atoms with Crippen molar-refractivity contribution in [3.8, 4) is 0 Å². The van der Waals surface area contributed by atoms with E-state index >= 15 is 0 Å². The molecule has 1 aromatic carbocycles. The summed E-state index contributed by atoms with van der Waals surface area (Å²) in [6.45, 7) is 2.06. The van der Waals surface area contributed by atoms with Crippen molar-refractivity contribution in [3.05, 3.63) is 49.0 Å². The van der Waals surface area contributed by atoms with Crippen molar-refractivity contribution < 1.29 is 4.79 Å². The Kier molecular flexibility index (Phi) is 5.06. The third-order valence-corrected chi connectivity index (χ3v) is 5.92. The molecule has 0 saturated heterocycles. The second-order valence-electron chi connectivity index (χ2n) is 3.72. The summed E-state index contributed by atoms with van der Waals surface area (Å²) in [5.41, 5.74) is 1.97. The van der Waals surface area contributed by atoms with Gasteiger partial charge in [-0.3, -0.25) is 4.79 Å². The Labute approximate surface area is 131 Å². The number of thioether (sulfide) groups is 1. The van der Waals surface area contributed by atoms with E-state index in [4.69, 9.17) is 0 Å². The van der Waals surface area contributed by atoms with Gasteiger partial charge in [0.15, 0.2) is 5.78 Å². The molecule has 0 aliphatic heterocycles. The summed E-state index contributed by atoms with van der Waals surface area (Å²) >= 11 is 9.92. The summed E-state index contributed by atoms with van der Waals surface area (Å²) in [4.78, 5) is 13.3. The summed E-state index contributed by atoms with van der Waals surface area (Å²) in [5, 5.41) is 0. The van der Waals surface area contributed by atoms with Crippen LogP contribution in [0.2, 0.25) is 0 Å². The number of carbonyl (C=O) groups is 1. The van der Waals surface area contributed by atoms with Crippen molar-refractivity contribution in [2.24, 2.45) is 0 Å². The maximum absolute atomic E-state index is 12.1. The topological polar surface area (TPSA) is 17.1 Å². The van der Waals surface area contributed by atoms with Crippen LogP contribution >= 0.6 is 55.0 Å². The first-order valence-corrected chi connectivity index (χ1v) is 8.63. The Morgan fingerprint density at radius 2 is 2.06 bits per heavy atom. The molecule has 0 fully saturated rings. The van der Waals surface area contributed by atoms with Crippen LogP contribution in [0.15, 0.2) is 42.8 Å². The molecule has 1 aromatic heterocycles. The molecule has 1 nitrogen and oxygen atoms in total. The fraction of sp³-hybridized carbons (Fsp3) is 0.154. The van der Waals surface area contributed by atoms with Gasteiger partial charge < -0.3 is 0 Å². The molecular weight excluding hydrogens is 396 g/mol. The zero-order chi connectivity index (χ0) is 13.1. The second-order valence-corrected chi connectivity index (χ2v) is 8.48. The predicted octanol–water partition coefficient (Wildman–Crippen LogP) is 5.56. The minimum absolute atomic E-state index is 0.150. The molecule has 2 rings (SSSR count). The number of carbonyl (C=O) groups excluding carboxylic acids is 1. The summed E-state index contributed by atoms with van der Waals surface area (Å²) in [5.74, 6) is 0.615. The number of Topliss-reactive ketones (excluding diaryl/α,β-unsaturated/α-hetero) is 1. The zero-order valence-corrected chi connectivity index (χ0v) is 14.4. The number of rotatable bonds is 4. The highest BCUT2D eigenvalue weighted by atomic mass is 79.9. The molecule has 0 saturated carbocycles. The van der Waals surface area contributed by atoms with Gasteiger partial charge in [-0.25, -0.2) is 0 Å². The SMILES string of the molecule is Cc1ccccc1SCC(=O)c1cc(Br)sc1Br. The lowest BCUT2D eigenvalue weighted by Gasteiger charge is -2.04. The molecule has 2 aromatic rings. The monoisotopic (exact) mass is 404 g/mol. The first kappa shape index (κ1) is 14.3. The molecule has 0 unspecified atom stereocenters. The van der Waals surface area contributed by atoms with E-state index in [0.29, 0.717) is 5.75 Å². The largest absolute Gasteiger partial charge is 0.293 e. The minimum Gasteiger partial charge on any atom is -0.293 e. The summed E-state index contributed by atoms with van der Waals surface area (Å²) in [6, 6.07) is 9.98. The summed E-state index contributed by atoms with van der Waals surface area (Å²) in [6.07, 6.45) is 0. The lowest BCUT2D eigenvalue weighted by molar-refractivity contribution is 0.102. The van der Waals surface area contributed by atoms with E-state index in [1.165, 1.54) is 16.9 Å². The highest BCUT2D eigenvalue weighted by molar-refractivity contribution is 9.12. The maximum Gasteiger partial charge on any atom is 0.175 e. The van der Waals surface area contributed by atoms with Gasteiger partial charge in [-0.05, 0) is 56.5 Å². The third-order valence-electron chi connectivity index (χ3n) is 2.41. The number of halogens is 2. The molecule has 0 aliphatic rings. The molecule has 0 radical (unpaired) electrons. The van der Waals surface area contributed by atoms with Crippen molar-refractivity contribution in [3.63, 3.8) is 0 Å². The second kappa shape index (κ2) is 6.37. The van der Waals surface area contributed by atoms with E-state index in [2.05, 4.69) is 44.8 Å². The lowest BCUT2D eigenvalue weighted by atomic mass is 10.2. The van der Waals surface area contributed by atoms with Crippen LogP contribution in [0.25, 0.3) is 0 Å². The van der Waals surface area contributed by atoms with Crippen molar-refractivity contribution in [2.45, 2.75) is 11.8 Å². The molecule has 5 heteroatoms. The number of thiophene rings is 1. The molecule has 0 N–H and O–H groups in total. The standard InChI is InChI=1S/C13H10Br2OS2/c1-8-4-2-3-5-11(8)17-7-10(16)9-6-12(14)18-13(9)15/h2-6H,7H2,1H3. The summed E-state index contributed by atoms with van der Waals surface area (Å²) in [7, 11) is 0. The van der Waals surface area contributed by atoms with Gasteiger partial charge in [0, 0.05) is 10.5 Å². The van der Waals surface area contributed by atoms with Gasteiger partial charge in [-0.15, -0.1) is 23.1 Å². The smallest absolute Gasteiger partial charge is 0.175 e. The van der Waals surface area contributed by atoms with E-state index in [0.717, 1.165) is 18.0 Å². The van der Waals surface area contributed by atoms with Crippen molar-refractivity contribution in [1.82, 2.24) is 0 Å². The average Bonchev–Trinajstić information content (AvgIpc) is 2.67. The van der Waals surface area contributed by atoms with E-state index in [-0.39, 0.29) is 5.78 Å². The van der Waals surface area contributed by atoms with Crippen LogP contribution in [0.5, 0.6) is 0 Å². The molecule has 0 amide bonds. The Bertz CT molecular complexity index is 578. The molecule has 0 aliphatic carbocycles. The fourth-order valence-electron chi connectivity index (χ4n) is 1.47. The van der Waals surface area contributed by atoms with Crippen LogP contribution < -0.4 is 0 Å². The number of ketones is 1. The normalized spacial score (nSPS) is 10.6. The van der Waals surface area contributed by atoms with Crippen LogP contribution in [0, 0.1) is 6.92 Å². The number of hydrogen-bond acceptors (Lipinski definition) is 3. The van der Waals surface area contributed by atoms with Crippen LogP contribution in [0.1, 0.15) is 15.9 Å². The van der Waals surface area contributed by atoms with Gasteiger partial charge >= 0.3 is 0 Å². The molecule has 94 valence electrons. The Morgan fingerprint density at radius 3 is 2.67 bits per heavy atom. The van der Waals surface area contributed by atoms with E-state index < -0.39 is 0 Å². The first-order chi connectivity index (χ1) is 8.58. The maximum atomic E-state index is 12.1. The number of aryl methyl sites for hydroxylation is 1. The number of benzene rings is 1. The van der Waals surface area contributed by atoms with Crippen LogP contribution in [0.4, 0.5) is 0 Å². The summed E-state index contributed by atoms with van der Waals surface area (Å²) < 4.78 is 1.86. The van der Waals surface area contributed by atoms with E-state index in [1.54, 1.807) is 11.8 Å². The molecular formula is C13H10Br2OS2. The fourth-order valence-corrected chi connectivity index (χ4v) is 5.24. The Hall–Kier alpha value is -0.100. The van der Waals surface area contributed by atoms with Crippen molar-refractivity contribution >= 4 is 60.7 Å². The van der Waals surface area contributed by atoms with E-state index in [1.807, 2.05) is 24.3 Å². The van der Waals surface area contributed by atoms with Crippen molar-refractivity contribution in [2.75, 3.05) is 5.75 Å². The zero-order valence-electron chi connectivity index (χ0n) is 9.57. The minimum atomic E-state index is 0.150. The van der Waals surface area contributed by atoms with Crippen LogP contribution in [-0.4, -0.2) is 11.5 Å². The van der Waals surface area contributed by atoms with Crippen LogP contribution in [0.3, 0.4) is 0 Å². The highest BCUT2D eigenvalue weighted by Gasteiger charge is 2.14. The van der Waals surface area contributed by atoms with Gasteiger partial charge in [0.1, 0.15) is 0 Å². The first-order valence-electron chi connectivity index (χ1n) is 5.24. The van der Waals surface area contributed by atoms with Gasteiger partial charge in [0.25, 0.3) is 0 Å². The molecule has 0 bridgehead atoms. The molecule has 1 heterocycles. The van der Waals surface area contributed by atoms with Crippen LogP contribution in [-0.2, 0) is 0 Å². The Balaban J connectivity index is 2.05. The lowest BCUT2D eigenvalue weighted by Crippen LogP contribution is -2.01. The number of hydrogen-bond donors (Lipinski definition) is 0. The third kappa shape index (κ3) is 3.47. The van der Waals surface area contributed by atoms with Gasteiger partial charge in [0.2, 0.25) is 0 Å². The average molecular weight is 406 g/mol. The van der Waals surface area contributed by atoms with Gasteiger partial charge in [-0.2, -0.15) is 0 Å².